The molecule has 1 aromatic rings. The molecule has 0 saturated heterocycles. The van der Waals surface area contributed by atoms with Gasteiger partial charge < -0.3 is 5.32 Å². The topological polar surface area (TPSA) is 29.9 Å². The second kappa shape index (κ2) is 6.30. The van der Waals surface area contributed by atoms with Crippen molar-refractivity contribution >= 4 is 0 Å². The fourth-order valence-corrected chi connectivity index (χ4v) is 4.19. The number of hydrogen-bond donors (Lipinski definition) is 1. The summed E-state index contributed by atoms with van der Waals surface area (Å²) in [6.45, 7) is 11.4. The van der Waals surface area contributed by atoms with Crippen molar-refractivity contribution in [2.75, 3.05) is 7.05 Å². The van der Waals surface area contributed by atoms with Crippen molar-refractivity contribution in [1.29, 1.82) is 0 Å². The van der Waals surface area contributed by atoms with Crippen molar-refractivity contribution in [3.05, 3.63) is 17.0 Å². The maximum atomic E-state index is 4.90. The predicted molar refractivity (Wildman–Crippen MR) is 85.0 cm³/mol. The average molecular weight is 277 g/mol. The largest absolute Gasteiger partial charge is 0.313 e. The molecule has 3 unspecified atom stereocenters. The second-order valence-corrected chi connectivity index (χ2v) is 6.85. The van der Waals surface area contributed by atoms with Gasteiger partial charge in [0.1, 0.15) is 0 Å². The Morgan fingerprint density at radius 3 is 2.30 bits per heavy atom. The highest BCUT2D eigenvalue weighted by Crippen LogP contribution is 2.37. The normalized spacial score (nSPS) is 28.6. The average Bonchev–Trinajstić information content (AvgIpc) is 2.67. The Bertz CT molecular complexity index is 435. The van der Waals surface area contributed by atoms with Crippen molar-refractivity contribution in [3.8, 4) is 0 Å². The van der Waals surface area contributed by atoms with E-state index in [1.165, 1.54) is 36.2 Å². The minimum Gasteiger partial charge on any atom is -0.313 e. The van der Waals surface area contributed by atoms with Crippen LogP contribution in [0.3, 0.4) is 0 Å². The molecule has 1 aliphatic carbocycles. The summed E-state index contributed by atoms with van der Waals surface area (Å²) in [7, 11) is 2.05. The van der Waals surface area contributed by atoms with E-state index in [-0.39, 0.29) is 0 Å². The van der Waals surface area contributed by atoms with Crippen molar-refractivity contribution in [2.24, 2.45) is 11.8 Å². The van der Waals surface area contributed by atoms with Gasteiger partial charge in [-0.15, -0.1) is 0 Å². The first-order chi connectivity index (χ1) is 9.47. The van der Waals surface area contributed by atoms with Crippen LogP contribution in [0, 0.1) is 25.7 Å². The van der Waals surface area contributed by atoms with E-state index in [9.17, 15) is 0 Å². The van der Waals surface area contributed by atoms with Crippen LogP contribution < -0.4 is 5.32 Å². The molecule has 0 amide bonds. The van der Waals surface area contributed by atoms with Gasteiger partial charge in [-0.25, -0.2) is 0 Å². The Hall–Kier alpha value is -0.830. The fourth-order valence-electron chi connectivity index (χ4n) is 4.19. The third-order valence-corrected chi connectivity index (χ3v) is 4.99. The molecule has 0 radical (unpaired) electrons. The molecule has 3 atom stereocenters. The van der Waals surface area contributed by atoms with Gasteiger partial charge in [0.15, 0.2) is 0 Å². The standard InChI is InChI=1S/C17H31N3/c1-7-16(18-6)17-13(4)19-20(14(17)5)15-9-11(2)8-12(3)10-15/h11-12,15-16,18H,7-10H2,1-6H3. The first kappa shape index (κ1) is 15.6. The summed E-state index contributed by atoms with van der Waals surface area (Å²) in [5, 5.41) is 8.33. The molecule has 1 heterocycles. The van der Waals surface area contributed by atoms with E-state index >= 15 is 0 Å². The molecule has 0 aromatic carbocycles. The van der Waals surface area contributed by atoms with E-state index in [0.29, 0.717) is 12.1 Å². The molecule has 1 N–H and O–H groups in total. The number of aryl methyl sites for hydroxylation is 1. The molecule has 0 aliphatic heterocycles. The zero-order valence-corrected chi connectivity index (χ0v) is 14.0. The van der Waals surface area contributed by atoms with Crippen LogP contribution in [0.25, 0.3) is 0 Å². The summed E-state index contributed by atoms with van der Waals surface area (Å²) >= 11 is 0. The molecule has 1 fully saturated rings. The molecule has 1 aromatic heterocycles. The Morgan fingerprint density at radius 1 is 1.20 bits per heavy atom. The van der Waals surface area contributed by atoms with Crippen LogP contribution in [0.15, 0.2) is 0 Å². The number of rotatable bonds is 4. The molecule has 1 aliphatic rings. The summed E-state index contributed by atoms with van der Waals surface area (Å²) in [6.07, 6.45) is 5.04. The zero-order valence-electron chi connectivity index (χ0n) is 14.0. The molecular formula is C17H31N3. The fraction of sp³-hybridized carbons (Fsp3) is 0.824. The molecule has 0 bridgehead atoms. The van der Waals surface area contributed by atoms with Crippen molar-refractivity contribution in [2.45, 2.75) is 72.4 Å². The summed E-state index contributed by atoms with van der Waals surface area (Å²) in [5.41, 5.74) is 3.99. The van der Waals surface area contributed by atoms with Crippen LogP contribution in [0.2, 0.25) is 0 Å². The summed E-state index contributed by atoms with van der Waals surface area (Å²) in [5.74, 6) is 1.64. The van der Waals surface area contributed by atoms with Crippen LogP contribution in [0.5, 0.6) is 0 Å². The van der Waals surface area contributed by atoms with Crippen molar-refractivity contribution in [1.82, 2.24) is 15.1 Å². The van der Waals surface area contributed by atoms with E-state index in [4.69, 9.17) is 5.10 Å². The Labute approximate surface area is 124 Å². The highest BCUT2D eigenvalue weighted by Gasteiger charge is 2.28. The van der Waals surface area contributed by atoms with Gasteiger partial charge in [0, 0.05) is 17.3 Å². The van der Waals surface area contributed by atoms with E-state index in [2.05, 4.69) is 51.7 Å². The Kier molecular flexibility index (Phi) is 4.90. The minimum atomic E-state index is 0.433. The Morgan fingerprint density at radius 2 is 1.80 bits per heavy atom. The number of aromatic nitrogens is 2. The quantitative estimate of drug-likeness (QED) is 0.895. The lowest BCUT2D eigenvalue weighted by molar-refractivity contribution is 0.207. The third kappa shape index (κ3) is 2.93. The van der Waals surface area contributed by atoms with E-state index in [1.54, 1.807) is 0 Å². The van der Waals surface area contributed by atoms with Crippen LogP contribution in [0.1, 0.15) is 75.5 Å². The van der Waals surface area contributed by atoms with Crippen LogP contribution in [0.4, 0.5) is 0 Å². The molecule has 1 saturated carbocycles. The van der Waals surface area contributed by atoms with Gasteiger partial charge in [0.2, 0.25) is 0 Å². The number of nitrogens with one attached hydrogen (secondary N) is 1. The zero-order chi connectivity index (χ0) is 14.9. The molecule has 3 heteroatoms. The maximum absolute atomic E-state index is 4.90. The molecule has 0 spiro atoms. The van der Waals surface area contributed by atoms with Gasteiger partial charge in [0.05, 0.1) is 11.7 Å². The van der Waals surface area contributed by atoms with Gasteiger partial charge in [-0.05, 0) is 58.4 Å². The van der Waals surface area contributed by atoms with Gasteiger partial charge in [-0.1, -0.05) is 20.8 Å². The molecule has 20 heavy (non-hydrogen) atoms. The molecular weight excluding hydrogens is 246 g/mol. The number of nitrogens with zero attached hydrogens (tertiary/aromatic N) is 2. The predicted octanol–water partition coefficient (Wildman–Crippen LogP) is 4.17. The smallest absolute Gasteiger partial charge is 0.0644 e. The van der Waals surface area contributed by atoms with Crippen LogP contribution in [-0.2, 0) is 0 Å². The molecule has 114 valence electrons. The SMILES string of the molecule is CCC(NC)c1c(C)nn(C2CC(C)CC(C)C2)c1C. The molecule has 2 rings (SSSR count). The monoisotopic (exact) mass is 277 g/mol. The van der Waals surface area contributed by atoms with Crippen molar-refractivity contribution in [3.63, 3.8) is 0 Å². The molecule has 3 nitrogen and oxygen atoms in total. The van der Waals surface area contributed by atoms with Gasteiger partial charge in [0.25, 0.3) is 0 Å². The highest BCUT2D eigenvalue weighted by atomic mass is 15.3. The minimum absolute atomic E-state index is 0.433. The maximum Gasteiger partial charge on any atom is 0.0644 e. The summed E-state index contributed by atoms with van der Waals surface area (Å²) < 4.78 is 2.33. The van der Waals surface area contributed by atoms with Crippen molar-refractivity contribution < 1.29 is 0 Å². The number of hydrogen-bond acceptors (Lipinski definition) is 2. The highest BCUT2D eigenvalue weighted by molar-refractivity contribution is 5.28. The lowest BCUT2D eigenvalue weighted by atomic mass is 9.80. The first-order valence-corrected chi connectivity index (χ1v) is 8.20. The van der Waals surface area contributed by atoms with Crippen LogP contribution >= 0.6 is 0 Å². The van der Waals surface area contributed by atoms with Crippen LogP contribution in [-0.4, -0.2) is 16.8 Å². The summed E-state index contributed by atoms with van der Waals surface area (Å²) in [4.78, 5) is 0. The summed E-state index contributed by atoms with van der Waals surface area (Å²) in [6, 6.07) is 1.03. The Balaban J connectivity index is 2.31. The lowest BCUT2D eigenvalue weighted by Crippen LogP contribution is -2.24. The third-order valence-electron chi connectivity index (χ3n) is 4.99. The van der Waals surface area contributed by atoms with E-state index in [1.807, 2.05) is 0 Å². The second-order valence-electron chi connectivity index (χ2n) is 6.85. The van der Waals surface area contributed by atoms with Gasteiger partial charge >= 0.3 is 0 Å². The van der Waals surface area contributed by atoms with Gasteiger partial charge in [-0.2, -0.15) is 5.10 Å². The van der Waals surface area contributed by atoms with E-state index in [0.717, 1.165) is 18.3 Å². The van der Waals surface area contributed by atoms with E-state index < -0.39 is 0 Å². The lowest BCUT2D eigenvalue weighted by Gasteiger charge is -2.32. The first-order valence-electron chi connectivity index (χ1n) is 8.20. The van der Waals surface area contributed by atoms with Gasteiger partial charge in [-0.3, -0.25) is 4.68 Å².